The fourth-order valence-electron chi connectivity index (χ4n) is 1.10. The molecule has 0 aliphatic carbocycles. The zero-order valence-corrected chi connectivity index (χ0v) is 9.37. The van der Waals surface area contributed by atoms with Crippen molar-refractivity contribution in [2.75, 3.05) is 23.9 Å². The minimum absolute atomic E-state index is 0.234. The quantitative estimate of drug-likeness (QED) is 0.428. The largest absolute Gasteiger partial charge is 0.390 e. The Morgan fingerprint density at radius 2 is 2.06 bits per heavy atom. The first-order valence-electron chi connectivity index (χ1n) is 5.08. The highest BCUT2D eigenvalue weighted by molar-refractivity contribution is 5.47. The lowest BCUT2D eigenvalue weighted by atomic mass is 10.3. The molecule has 0 aliphatic rings. The molecule has 0 fully saturated rings. The van der Waals surface area contributed by atoms with E-state index in [0.29, 0.717) is 18.1 Å². The number of hydrogen-bond donors (Lipinski definition) is 4. The van der Waals surface area contributed by atoms with Gasteiger partial charge in [0.2, 0.25) is 0 Å². The first-order chi connectivity index (χ1) is 8.00. The van der Waals surface area contributed by atoms with Crippen LogP contribution in [0.5, 0.6) is 0 Å². The molecule has 0 saturated carbocycles. The number of rotatable bonds is 6. The van der Waals surface area contributed by atoms with Crippen molar-refractivity contribution < 1.29 is 13.9 Å². The second kappa shape index (κ2) is 5.69. The number of alkyl halides is 2. The van der Waals surface area contributed by atoms with Crippen LogP contribution in [0.2, 0.25) is 0 Å². The Labute approximate surface area is 97.2 Å². The van der Waals surface area contributed by atoms with Crippen LogP contribution in [0.15, 0.2) is 6.07 Å². The van der Waals surface area contributed by atoms with Crippen LogP contribution in [0.4, 0.5) is 20.4 Å². The average Bonchev–Trinajstić information content (AvgIpc) is 2.36. The van der Waals surface area contributed by atoms with Crippen LogP contribution in [0.1, 0.15) is 12.7 Å². The molecule has 5 N–H and O–H groups in total. The summed E-state index contributed by atoms with van der Waals surface area (Å²) in [5.41, 5.74) is 2.33. The van der Waals surface area contributed by atoms with Crippen LogP contribution in [0, 0.1) is 0 Å². The number of nitrogens with one attached hydrogen (secondary N) is 2. The molecule has 96 valence electrons. The van der Waals surface area contributed by atoms with E-state index in [9.17, 15) is 8.78 Å². The molecule has 0 saturated heterocycles. The van der Waals surface area contributed by atoms with Gasteiger partial charge in [0.1, 0.15) is 24.1 Å². The van der Waals surface area contributed by atoms with Crippen molar-refractivity contribution in [3.8, 4) is 0 Å². The van der Waals surface area contributed by atoms with E-state index < -0.39 is 19.1 Å². The van der Waals surface area contributed by atoms with Gasteiger partial charge in [0.15, 0.2) is 0 Å². The number of nitrogen functional groups attached to an aromatic ring is 1. The number of aromatic nitrogens is 2. The predicted molar refractivity (Wildman–Crippen MR) is 59.7 cm³/mol. The number of halogens is 2. The molecular weight excluding hydrogens is 232 g/mol. The molecule has 0 spiro atoms. The maximum absolute atomic E-state index is 12.8. The molecule has 1 rings (SSSR count). The van der Waals surface area contributed by atoms with E-state index >= 15 is 0 Å². The van der Waals surface area contributed by atoms with E-state index in [0.717, 1.165) is 0 Å². The fourth-order valence-corrected chi connectivity index (χ4v) is 1.10. The van der Waals surface area contributed by atoms with Gasteiger partial charge in [-0.25, -0.2) is 24.6 Å². The third-order valence-corrected chi connectivity index (χ3v) is 2.00. The molecule has 0 radical (unpaired) electrons. The third-order valence-electron chi connectivity index (χ3n) is 2.00. The van der Waals surface area contributed by atoms with Crippen LogP contribution in [-0.4, -0.2) is 34.1 Å². The number of aliphatic hydroxyl groups is 1. The first kappa shape index (κ1) is 13.5. The maximum Gasteiger partial charge on any atom is 0.287 e. The molecule has 0 aromatic carbocycles. The van der Waals surface area contributed by atoms with E-state index in [4.69, 9.17) is 10.9 Å². The van der Waals surface area contributed by atoms with Crippen molar-refractivity contribution in [2.24, 2.45) is 5.84 Å². The summed E-state index contributed by atoms with van der Waals surface area (Å²) in [5.74, 6) is 3.06. The predicted octanol–water partition coefficient (Wildman–Crippen LogP) is 0.364. The molecule has 0 atom stereocenters. The van der Waals surface area contributed by atoms with Crippen LogP contribution >= 0.6 is 0 Å². The Hall–Kier alpha value is -1.54. The Balaban J connectivity index is 2.76. The maximum atomic E-state index is 12.8. The fraction of sp³-hybridized carbons (Fsp3) is 0.556. The van der Waals surface area contributed by atoms with Crippen molar-refractivity contribution in [3.05, 3.63) is 11.9 Å². The summed E-state index contributed by atoms with van der Waals surface area (Å²) in [4.78, 5) is 8.02. The molecule has 8 heteroatoms. The van der Waals surface area contributed by atoms with E-state index in [1.54, 1.807) is 0 Å². The summed E-state index contributed by atoms with van der Waals surface area (Å²) < 4.78 is 25.6. The smallest absolute Gasteiger partial charge is 0.287 e. The summed E-state index contributed by atoms with van der Waals surface area (Å²) in [5, 5.41) is 10.8. The Morgan fingerprint density at radius 3 is 2.59 bits per heavy atom. The monoisotopic (exact) mass is 247 g/mol. The lowest BCUT2D eigenvalue weighted by Crippen LogP contribution is -2.31. The van der Waals surface area contributed by atoms with E-state index in [2.05, 4.69) is 20.7 Å². The van der Waals surface area contributed by atoms with Crippen molar-refractivity contribution in [1.29, 1.82) is 0 Å². The summed E-state index contributed by atoms with van der Waals surface area (Å²) in [7, 11) is 0. The number of aliphatic hydroxyl groups excluding tert-OH is 1. The average molecular weight is 247 g/mol. The highest BCUT2D eigenvalue weighted by Crippen LogP contribution is 2.15. The Morgan fingerprint density at radius 1 is 1.41 bits per heavy atom. The molecule has 0 unspecified atom stereocenters. The molecule has 17 heavy (non-hydrogen) atoms. The summed E-state index contributed by atoms with van der Waals surface area (Å²) in [6.45, 7) is -0.0802. The van der Waals surface area contributed by atoms with E-state index in [-0.39, 0.29) is 5.82 Å². The SMILES string of the molecule is CCc1nc(NN)cc(NCC(F)(F)CO)n1. The third kappa shape index (κ3) is 4.08. The Bertz CT molecular complexity index is 352. The molecule has 0 aliphatic heterocycles. The van der Waals surface area contributed by atoms with Gasteiger partial charge in [-0.05, 0) is 0 Å². The topological polar surface area (TPSA) is 96.1 Å². The van der Waals surface area contributed by atoms with Crippen LogP contribution in [0.25, 0.3) is 0 Å². The van der Waals surface area contributed by atoms with E-state index in [1.165, 1.54) is 6.07 Å². The highest BCUT2D eigenvalue weighted by Gasteiger charge is 2.27. The van der Waals surface area contributed by atoms with Gasteiger partial charge in [0, 0.05) is 12.5 Å². The molecule has 0 amide bonds. The van der Waals surface area contributed by atoms with Gasteiger partial charge < -0.3 is 15.8 Å². The molecule has 1 heterocycles. The number of hydrogen-bond acceptors (Lipinski definition) is 6. The number of aryl methyl sites for hydroxylation is 1. The lowest BCUT2D eigenvalue weighted by Gasteiger charge is -2.15. The zero-order valence-electron chi connectivity index (χ0n) is 9.37. The van der Waals surface area contributed by atoms with Gasteiger partial charge in [0.05, 0.1) is 6.54 Å². The first-order valence-corrected chi connectivity index (χ1v) is 5.08. The summed E-state index contributed by atoms with van der Waals surface area (Å²) in [6.07, 6.45) is 0.556. The normalized spacial score (nSPS) is 11.4. The van der Waals surface area contributed by atoms with Crippen molar-refractivity contribution >= 4 is 11.6 Å². The van der Waals surface area contributed by atoms with Crippen LogP contribution in [-0.2, 0) is 6.42 Å². The van der Waals surface area contributed by atoms with Gasteiger partial charge >= 0.3 is 0 Å². The van der Waals surface area contributed by atoms with Gasteiger partial charge in [0.25, 0.3) is 5.92 Å². The summed E-state index contributed by atoms with van der Waals surface area (Å²) >= 11 is 0. The minimum Gasteiger partial charge on any atom is -0.390 e. The second-order valence-corrected chi connectivity index (χ2v) is 3.42. The van der Waals surface area contributed by atoms with Crippen molar-refractivity contribution in [2.45, 2.75) is 19.3 Å². The second-order valence-electron chi connectivity index (χ2n) is 3.42. The molecule has 1 aromatic rings. The molecule has 0 bridgehead atoms. The lowest BCUT2D eigenvalue weighted by molar-refractivity contribution is -0.0373. The Kier molecular flexibility index (Phi) is 4.53. The van der Waals surface area contributed by atoms with E-state index in [1.807, 2.05) is 6.92 Å². The van der Waals surface area contributed by atoms with Crippen LogP contribution < -0.4 is 16.6 Å². The molecule has 6 nitrogen and oxygen atoms in total. The van der Waals surface area contributed by atoms with Crippen molar-refractivity contribution in [3.63, 3.8) is 0 Å². The summed E-state index contributed by atoms with van der Waals surface area (Å²) in [6, 6.07) is 1.41. The van der Waals surface area contributed by atoms with Gasteiger partial charge in [-0.15, -0.1) is 0 Å². The number of anilines is 2. The zero-order chi connectivity index (χ0) is 12.9. The van der Waals surface area contributed by atoms with Crippen LogP contribution in [0.3, 0.4) is 0 Å². The van der Waals surface area contributed by atoms with Gasteiger partial charge in [-0.3, -0.25) is 0 Å². The number of nitrogens with two attached hydrogens (primary N) is 1. The standard InChI is InChI=1S/C9H15F2N5O/c1-2-6-14-7(3-8(15-6)16-12)13-4-9(10,11)5-17/h3,17H,2,4-5,12H2,1H3,(H2,13,14,15,16). The molecular formula is C9H15F2N5O. The highest BCUT2D eigenvalue weighted by atomic mass is 19.3. The number of nitrogens with zero attached hydrogens (tertiary/aromatic N) is 2. The van der Waals surface area contributed by atoms with Crippen molar-refractivity contribution in [1.82, 2.24) is 9.97 Å². The minimum atomic E-state index is -3.19. The molecule has 1 aromatic heterocycles. The van der Waals surface area contributed by atoms with Gasteiger partial charge in [-0.2, -0.15) is 0 Å². The van der Waals surface area contributed by atoms with Gasteiger partial charge in [-0.1, -0.05) is 6.92 Å². The number of hydrazine groups is 1.